The third-order valence-electron chi connectivity index (χ3n) is 4.04. The van der Waals surface area contributed by atoms with Gasteiger partial charge in [0, 0.05) is 12.0 Å². The highest BCUT2D eigenvalue weighted by Gasteiger charge is 2.37. The van der Waals surface area contributed by atoms with E-state index in [9.17, 15) is 9.59 Å². The van der Waals surface area contributed by atoms with Gasteiger partial charge in [-0.05, 0) is 39.2 Å². The summed E-state index contributed by atoms with van der Waals surface area (Å²) in [5, 5.41) is 6.19. The summed E-state index contributed by atoms with van der Waals surface area (Å²) in [6.07, 6.45) is 2.70. The van der Waals surface area contributed by atoms with Crippen molar-refractivity contribution >= 4 is 24.2 Å². The normalized spacial score (nSPS) is 23.3. The maximum atomic E-state index is 12.2. The minimum atomic E-state index is -0.884. The Morgan fingerprint density at radius 2 is 1.95 bits per heavy atom. The lowest BCUT2D eigenvalue weighted by Gasteiger charge is -2.33. The van der Waals surface area contributed by atoms with Crippen molar-refractivity contribution in [1.29, 1.82) is 0 Å². The van der Waals surface area contributed by atoms with Gasteiger partial charge in [0.25, 0.3) is 0 Å². The van der Waals surface area contributed by atoms with Gasteiger partial charge in [0.2, 0.25) is 11.8 Å². The Hall–Kier alpha value is -0.810. The highest BCUT2D eigenvalue weighted by molar-refractivity contribution is 5.91. The molecule has 0 aromatic carbocycles. The van der Waals surface area contributed by atoms with Gasteiger partial charge in [-0.1, -0.05) is 13.8 Å². The largest absolute Gasteiger partial charge is 0.368 e. The monoisotopic (exact) mass is 291 g/mol. The van der Waals surface area contributed by atoms with Crippen LogP contribution in [0, 0.1) is 5.92 Å². The third kappa shape index (κ3) is 4.35. The SMILES string of the molecule is CCC(CC)(NC(=O)[C@H]1CCN[C@@H](C)C1)C(N)=O.Cl. The van der Waals surface area contributed by atoms with Crippen LogP contribution in [0.2, 0.25) is 0 Å². The van der Waals surface area contributed by atoms with Crippen molar-refractivity contribution in [3.8, 4) is 0 Å². The van der Waals surface area contributed by atoms with E-state index in [2.05, 4.69) is 17.6 Å². The van der Waals surface area contributed by atoms with E-state index in [0.717, 1.165) is 19.4 Å². The van der Waals surface area contributed by atoms with E-state index < -0.39 is 11.4 Å². The van der Waals surface area contributed by atoms with Gasteiger partial charge < -0.3 is 16.4 Å². The van der Waals surface area contributed by atoms with Crippen LogP contribution >= 0.6 is 12.4 Å². The van der Waals surface area contributed by atoms with Crippen molar-refractivity contribution in [1.82, 2.24) is 10.6 Å². The number of halogens is 1. The molecule has 1 rings (SSSR count). The van der Waals surface area contributed by atoms with Crippen LogP contribution in [0.3, 0.4) is 0 Å². The van der Waals surface area contributed by atoms with E-state index >= 15 is 0 Å². The summed E-state index contributed by atoms with van der Waals surface area (Å²) >= 11 is 0. The predicted octanol–water partition coefficient (Wildman–Crippen LogP) is 0.957. The highest BCUT2D eigenvalue weighted by Crippen LogP contribution is 2.20. The van der Waals surface area contributed by atoms with Crippen LogP contribution < -0.4 is 16.4 Å². The molecule has 1 aliphatic heterocycles. The van der Waals surface area contributed by atoms with Crippen molar-refractivity contribution < 1.29 is 9.59 Å². The first-order valence-electron chi connectivity index (χ1n) is 6.80. The molecule has 0 unspecified atom stereocenters. The maximum absolute atomic E-state index is 12.2. The Morgan fingerprint density at radius 1 is 1.37 bits per heavy atom. The molecule has 0 aromatic rings. The van der Waals surface area contributed by atoms with E-state index in [1.807, 2.05) is 13.8 Å². The lowest BCUT2D eigenvalue weighted by Crippen LogP contribution is -2.58. The lowest BCUT2D eigenvalue weighted by molar-refractivity contribution is -0.134. The van der Waals surface area contributed by atoms with Crippen molar-refractivity contribution in [2.75, 3.05) is 6.54 Å². The fourth-order valence-electron chi connectivity index (χ4n) is 2.54. The van der Waals surface area contributed by atoms with Crippen molar-refractivity contribution in [3.63, 3.8) is 0 Å². The number of rotatable bonds is 5. The van der Waals surface area contributed by atoms with Crippen LogP contribution in [-0.2, 0) is 9.59 Å². The van der Waals surface area contributed by atoms with Crippen molar-refractivity contribution in [2.24, 2.45) is 11.7 Å². The Labute approximate surface area is 121 Å². The van der Waals surface area contributed by atoms with Crippen LogP contribution in [0.5, 0.6) is 0 Å². The first-order chi connectivity index (χ1) is 8.45. The molecule has 1 heterocycles. The van der Waals surface area contributed by atoms with Crippen LogP contribution in [0.25, 0.3) is 0 Å². The minimum absolute atomic E-state index is 0. The quantitative estimate of drug-likeness (QED) is 0.705. The summed E-state index contributed by atoms with van der Waals surface area (Å²) < 4.78 is 0. The maximum Gasteiger partial charge on any atom is 0.243 e. The molecule has 1 saturated heterocycles. The number of carbonyl (C=O) groups excluding carboxylic acids is 2. The molecule has 5 nitrogen and oxygen atoms in total. The molecule has 112 valence electrons. The number of primary amides is 1. The van der Waals surface area contributed by atoms with Gasteiger partial charge in [-0.15, -0.1) is 12.4 Å². The van der Waals surface area contributed by atoms with E-state index in [-0.39, 0.29) is 24.2 Å². The van der Waals surface area contributed by atoms with Gasteiger partial charge >= 0.3 is 0 Å². The van der Waals surface area contributed by atoms with Crippen molar-refractivity contribution in [3.05, 3.63) is 0 Å². The molecule has 1 aliphatic rings. The van der Waals surface area contributed by atoms with E-state index in [1.165, 1.54) is 0 Å². The summed E-state index contributed by atoms with van der Waals surface area (Å²) in [5.41, 5.74) is 4.55. The van der Waals surface area contributed by atoms with Crippen LogP contribution in [0.15, 0.2) is 0 Å². The second kappa shape index (κ2) is 7.70. The second-order valence-corrected chi connectivity index (χ2v) is 5.22. The zero-order valence-electron chi connectivity index (χ0n) is 12.0. The number of hydrogen-bond acceptors (Lipinski definition) is 3. The van der Waals surface area contributed by atoms with Gasteiger partial charge in [0.1, 0.15) is 5.54 Å². The zero-order valence-corrected chi connectivity index (χ0v) is 12.8. The average molecular weight is 292 g/mol. The molecule has 0 saturated carbocycles. The van der Waals surface area contributed by atoms with Crippen molar-refractivity contribution in [2.45, 2.75) is 58.0 Å². The average Bonchev–Trinajstić information content (AvgIpc) is 2.35. The number of nitrogens with one attached hydrogen (secondary N) is 2. The van der Waals surface area contributed by atoms with Gasteiger partial charge in [-0.2, -0.15) is 0 Å². The summed E-state index contributed by atoms with van der Waals surface area (Å²) in [6.45, 7) is 6.67. The molecule has 2 amide bonds. The Balaban J connectivity index is 0.00000324. The molecule has 6 heteroatoms. The molecule has 1 fully saturated rings. The number of carbonyl (C=O) groups is 2. The standard InChI is InChI=1S/C13H25N3O2.ClH/c1-4-13(5-2,12(14)18)16-11(17)10-6-7-15-9(3)8-10;/h9-10,15H,4-8H2,1-3H3,(H2,14,18)(H,16,17);1H/t9-,10-;/m0./s1. The molecule has 0 aromatic heterocycles. The lowest BCUT2D eigenvalue weighted by atomic mass is 9.88. The summed E-state index contributed by atoms with van der Waals surface area (Å²) in [5.74, 6) is -0.494. The summed E-state index contributed by atoms with van der Waals surface area (Å²) in [7, 11) is 0. The molecule has 0 radical (unpaired) electrons. The minimum Gasteiger partial charge on any atom is -0.368 e. The van der Waals surface area contributed by atoms with Gasteiger partial charge in [0.05, 0.1) is 0 Å². The Kier molecular flexibility index (Phi) is 7.37. The number of nitrogens with two attached hydrogens (primary N) is 1. The Morgan fingerprint density at radius 3 is 2.37 bits per heavy atom. The molecule has 19 heavy (non-hydrogen) atoms. The summed E-state index contributed by atoms with van der Waals surface area (Å²) in [6, 6.07) is 0.348. The van der Waals surface area contributed by atoms with E-state index in [0.29, 0.717) is 18.9 Å². The van der Waals surface area contributed by atoms with E-state index in [1.54, 1.807) is 0 Å². The zero-order chi connectivity index (χ0) is 13.8. The fourth-order valence-corrected chi connectivity index (χ4v) is 2.54. The fraction of sp³-hybridized carbons (Fsp3) is 0.846. The predicted molar refractivity (Wildman–Crippen MR) is 78.1 cm³/mol. The van der Waals surface area contributed by atoms with Gasteiger partial charge in [-0.25, -0.2) is 0 Å². The van der Waals surface area contributed by atoms with Crippen LogP contribution in [0.4, 0.5) is 0 Å². The van der Waals surface area contributed by atoms with E-state index in [4.69, 9.17) is 5.73 Å². The first kappa shape index (κ1) is 18.2. The number of piperidine rings is 1. The topological polar surface area (TPSA) is 84.2 Å². The molecule has 0 aliphatic carbocycles. The van der Waals surface area contributed by atoms with Crippen LogP contribution in [-0.4, -0.2) is 29.9 Å². The van der Waals surface area contributed by atoms with Gasteiger partial charge in [-0.3, -0.25) is 9.59 Å². The number of amides is 2. The molecule has 0 bridgehead atoms. The molecular formula is C13H26ClN3O2. The summed E-state index contributed by atoms with van der Waals surface area (Å²) in [4.78, 5) is 23.8. The van der Waals surface area contributed by atoms with Crippen LogP contribution in [0.1, 0.15) is 46.5 Å². The highest BCUT2D eigenvalue weighted by atomic mass is 35.5. The molecule has 0 spiro atoms. The smallest absolute Gasteiger partial charge is 0.243 e. The third-order valence-corrected chi connectivity index (χ3v) is 4.04. The molecule has 4 N–H and O–H groups in total. The number of hydrogen-bond donors (Lipinski definition) is 3. The van der Waals surface area contributed by atoms with Gasteiger partial charge in [0.15, 0.2) is 0 Å². The molecular weight excluding hydrogens is 266 g/mol. The Bertz CT molecular complexity index is 319. The first-order valence-corrected chi connectivity index (χ1v) is 6.80. The molecule has 2 atom stereocenters. The second-order valence-electron chi connectivity index (χ2n) is 5.22.